The molecule has 26 heavy (non-hydrogen) atoms. The van der Waals surface area contributed by atoms with E-state index in [1.54, 1.807) is 24.3 Å². The van der Waals surface area contributed by atoms with Crippen LogP contribution in [0.15, 0.2) is 59.7 Å². The van der Waals surface area contributed by atoms with Crippen LogP contribution >= 0.6 is 0 Å². The summed E-state index contributed by atoms with van der Waals surface area (Å²) >= 11 is 0. The van der Waals surface area contributed by atoms with E-state index >= 15 is 0 Å². The Balaban J connectivity index is 2.05. The van der Waals surface area contributed by atoms with Crippen molar-refractivity contribution >= 4 is 23.2 Å². The van der Waals surface area contributed by atoms with Crippen molar-refractivity contribution in [2.45, 2.75) is 33.6 Å². The van der Waals surface area contributed by atoms with E-state index in [-0.39, 0.29) is 17.7 Å². The summed E-state index contributed by atoms with van der Waals surface area (Å²) in [6.07, 6.45) is 1.28. The van der Waals surface area contributed by atoms with Gasteiger partial charge >= 0.3 is 0 Å². The van der Waals surface area contributed by atoms with E-state index < -0.39 is 0 Å². The average Bonchev–Trinajstić information content (AvgIpc) is 2.63. The molecule has 0 aliphatic heterocycles. The minimum absolute atomic E-state index is 0.0289. The lowest BCUT2D eigenvalue weighted by atomic mass is 10.0. The number of benzene rings is 2. The van der Waals surface area contributed by atoms with Gasteiger partial charge in [-0.2, -0.15) is 5.10 Å². The predicted octanol–water partition coefficient (Wildman–Crippen LogP) is 4.22. The zero-order valence-corrected chi connectivity index (χ0v) is 15.5. The highest BCUT2D eigenvalue weighted by Crippen LogP contribution is 2.12. The van der Waals surface area contributed by atoms with Gasteiger partial charge < -0.3 is 5.32 Å². The summed E-state index contributed by atoms with van der Waals surface area (Å²) in [6.45, 7) is 6.02. The summed E-state index contributed by atoms with van der Waals surface area (Å²) in [7, 11) is 0. The van der Waals surface area contributed by atoms with Crippen LogP contribution in [0, 0.1) is 5.92 Å². The fraction of sp³-hybridized carbons (Fsp3) is 0.286. The van der Waals surface area contributed by atoms with Crippen LogP contribution in [-0.2, 0) is 4.79 Å². The molecule has 0 atom stereocenters. The van der Waals surface area contributed by atoms with Crippen LogP contribution < -0.4 is 10.7 Å². The molecule has 5 heteroatoms. The first kappa shape index (κ1) is 19.4. The van der Waals surface area contributed by atoms with Crippen LogP contribution in [0.2, 0.25) is 0 Å². The molecule has 2 aromatic carbocycles. The molecule has 0 saturated carbocycles. The molecular weight excluding hydrogens is 326 g/mol. The highest BCUT2D eigenvalue weighted by Gasteiger charge is 2.10. The first-order valence-electron chi connectivity index (χ1n) is 8.84. The molecular formula is C21H25N3O2. The summed E-state index contributed by atoms with van der Waals surface area (Å²) in [5, 5.41) is 7.11. The molecule has 0 saturated heterocycles. The number of rotatable bonds is 7. The minimum atomic E-state index is -0.287. The van der Waals surface area contributed by atoms with Crippen molar-refractivity contribution < 1.29 is 9.59 Å². The van der Waals surface area contributed by atoms with Crippen molar-refractivity contribution in [3.63, 3.8) is 0 Å². The van der Waals surface area contributed by atoms with E-state index in [1.807, 2.05) is 51.1 Å². The lowest BCUT2D eigenvalue weighted by molar-refractivity contribution is -0.116. The van der Waals surface area contributed by atoms with Gasteiger partial charge in [-0.25, -0.2) is 5.43 Å². The molecule has 2 amide bonds. The van der Waals surface area contributed by atoms with Crippen LogP contribution in [0.4, 0.5) is 5.69 Å². The largest absolute Gasteiger partial charge is 0.326 e. The number of amides is 2. The van der Waals surface area contributed by atoms with E-state index in [0.717, 1.165) is 17.7 Å². The number of hydrogen-bond donors (Lipinski definition) is 2. The van der Waals surface area contributed by atoms with Crippen LogP contribution in [0.5, 0.6) is 0 Å². The van der Waals surface area contributed by atoms with Gasteiger partial charge in [-0.3, -0.25) is 9.59 Å². The van der Waals surface area contributed by atoms with Crippen LogP contribution in [0.25, 0.3) is 0 Å². The van der Waals surface area contributed by atoms with E-state index in [0.29, 0.717) is 17.7 Å². The van der Waals surface area contributed by atoms with Gasteiger partial charge in [0.05, 0.1) is 5.71 Å². The Hall–Kier alpha value is -2.95. The van der Waals surface area contributed by atoms with Crippen molar-refractivity contribution in [2.75, 3.05) is 5.32 Å². The lowest BCUT2D eigenvalue weighted by Crippen LogP contribution is -2.22. The highest BCUT2D eigenvalue weighted by molar-refractivity contribution is 6.03. The fourth-order valence-corrected chi connectivity index (χ4v) is 2.47. The third kappa shape index (κ3) is 5.55. The molecule has 5 nitrogen and oxygen atoms in total. The lowest BCUT2D eigenvalue weighted by Gasteiger charge is -2.11. The number of nitrogens with one attached hydrogen (secondary N) is 2. The molecule has 0 bridgehead atoms. The maximum absolute atomic E-state index is 12.3. The number of carbonyl (C=O) groups is 2. The van der Waals surface area contributed by atoms with Crippen molar-refractivity contribution in [3.8, 4) is 0 Å². The van der Waals surface area contributed by atoms with E-state index in [1.165, 1.54) is 0 Å². The Morgan fingerprint density at radius 2 is 1.62 bits per heavy atom. The molecule has 0 heterocycles. The summed E-state index contributed by atoms with van der Waals surface area (Å²) < 4.78 is 0. The second kappa shape index (κ2) is 9.51. The molecule has 0 aliphatic rings. The minimum Gasteiger partial charge on any atom is -0.326 e. The molecule has 0 spiro atoms. The summed E-state index contributed by atoms with van der Waals surface area (Å²) in [6, 6.07) is 16.5. The third-order valence-electron chi connectivity index (χ3n) is 3.80. The molecule has 136 valence electrons. The van der Waals surface area contributed by atoms with Crippen molar-refractivity contribution in [1.82, 2.24) is 5.43 Å². The van der Waals surface area contributed by atoms with E-state index in [4.69, 9.17) is 0 Å². The molecule has 2 N–H and O–H groups in total. The molecule has 0 aromatic heterocycles. The zero-order valence-electron chi connectivity index (χ0n) is 15.5. The Morgan fingerprint density at radius 1 is 0.962 bits per heavy atom. The van der Waals surface area contributed by atoms with Crippen LogP contribution in [0.1, 0.15) is 49.5 Å². The quantitative estimate of drug-likeness (QED) is 0.579. The Bertz CT molecular complexity index is 766. The van der Waals surface area contributed by atoms with Gasteiger partial charge in [0, 0.05) is 17.7 Å². The molecule has 0 unspecified atom stereocenters. The highest BCUT2D eigenvalue weighted by atomic mass is 16.2. The molecule has 0 radical (unpaired) electrons. The summed E-state index contributed by atoms with van der Waals surface area (Å²) in [5.74, 6) is -0.141. The molecule has 0 fully saturated rings. The summed E-state index contributed by atoms with van der Waals surface area (Å²) in [5.41, 5.74) is 5.59. The number of nitrogens with zero attached hydrogens (tertiary/aromatic N) is 1. The Morgan fingerprint density at radius 3 is 2.19 bits per heavy atom. The SMILES string of the molecule is CCCC(=O)Nc1ccc(C(=O)N/N=C(/c2ccccc2)C(C)C)cc1. The van der Waals surface area contributed by atoms with Crippen LogP contribution in [-0.4, -0.2) is 17.5 Å². The normalized spacial score (nSPS) is 11.3. The topological polar surface area (TPSA) is 70.6 Å². The smallest absolute Gasteiger partial charge is 0.271 e. The predicted molar refractivity (Wildman–Crippen MR) is 105 cm³/mol. The monoisotopic (exact) mass is 351 g/mol. The second-order valence-corrected chi connectivity index (χ2v) is 6.33. The van der Waals surface area contributed by atoms with Crippen molar-refractivity contribution in [1.29, 1.82) is 0 Å². The van der Waals surface area contributed by atoms with Crippen LogP contribution in [0.3, 0.4) is 0 Å². The second-order valence-electron chi connectivity index (χ2n) is 6.33. The van der Waals surface area contributed by atoms with Crippen molar-refractivity contribution in [3.05, 3.63) is 65.7 Å². The first-order valence-corrected chi connectivity index (χ1v) is 8.84. The standard InChI is InChI=1S/C21H25N3O2/c1-4-8-19(25)22-18-13-11-17(12-14-18)21(26)24-23-20(15(2)3)16-9-6-5-7-10-16/h5-7,9-15H,4,8H2,1-3H3,(H,22,25)(H,24,26)/b23-20+. The Labute approximate surface area is 154 Å². The molecule has 0 aliphatic carbocycles. The van der Waals surface area contributed by atoms with Gasteiger partial charge in [0.15, 0.2) is 0 Å². The summed E-state index contributed by atoms with van der Waals surface area (Å²) in [4.78, 5) is 23.9. The maximum Gasteiger partial charge on any atom is 0.271 e. The van der Waals surface area contributed by atoms with Gasteiger partial charge in [0.2, 0.25) is 5.91 Å². The van der Waals surface area contributed by atoms with E-state index in [9.17, 15) is 9.59 Å². The number of hydrazone groups is 1. The number of hydrogen-bond acceptors (Lipinski definition) is 3. The zero-order chi connectivity index (χ0) is 18.9. The molecule has 2 aromatic rings. The van der Waals surface area contributed by atoms with Gasteiger partial charge in [-0.15, -0.1) is 0 Å². The van der Waals surface area contributed by atoms with Gasteiger partial charge in [0.25, 0.3) is 5.91 Å². The molecule has 2 rings (SSSR count). The first-order chi connectivity index (χ1) is 12.5. The van der Waals surface area contributed by atoms with Crippen molar-refractivity contribution in [2.24, 2.45) is 11.0 Å². The maximum atomic E-state index is 12.3. The average molecular weight is 351 g/mol. The third-order valence-corrected chi connectivity index (χ3v) is 3.80. The number of anilines is 1. The fourth-order valence-electron chi connectivity index (χ4n) is 2.47. The van der Waals surface area contributed by atoms with Gasteiger partial charge in [0.1, 0.15) is 0 Å². The number of carbonyl (C=O) groups excluding carboxylic acids is 2. The van der Waals surface area contributed by atoms with E-state index in [2.05, 4.69) is 15.8 Å². The Kier molecular flexibility index (Phi) is 7.09. The van der Waals surface area contributed by atoms with Gasteiger partial charge in [-0.05, 0) is 42.2 Å². The van der Waals surface area contributed by atoms with Gasteiger partial charge in [-0.1, -0.05) is 51.1 Å².